The smallest absolute Gasteiger partial charge is 0.338 e. The molecule has 32 heavy (non-hydrogen) atoms. The summed E-state index contributed by atoms with van der Waals surface area (Å²) in [4.78, 5) is 17.6. The maximum Gasteiger partial charge on any atom is 0.338 e. The van der Waals surface area contributed by atoms with Gasteiger partial charge < -0.3 is 13.8 Å². The van der Waals surface area contributed by atoms with E-state index in [9.17, 15) is 9.18 Å². The normalized spacial score (nSPS) is 11.7. The minimum absolute atomic E-state index is 0.321. The molecule has 2 aromatic carbocycles. The lowest BCUT2D eigenvalue weighted by molar-refractivity contribution is 0.0603. The number of carbonyl (C=O) groups is 1. The number of carbonyl (C=O) groups excluding carboxylic acids is 1. The van der Waals surface area contributed by atoms with E-state index in [1.807, 2.05) is 29.8 Å². The highest BCUT2D eigenvalue weighted by Crippen LogP contribution is 2.26. The van der Waals surface area contributed by atoms with Gasteiger partial charge >= 0.3 is 5.97 Å². The monoisotopic (exact) mass is 435 g/mol. The minimum Gasteiger partial charge on any atom is -0.465 e. The zero-order chi connectivity index (χ0) is 22.5. The minimum atomic E-state index is -0.402. The summed E-state index contributed by atoms with van der Waals surface area (Å²) in [6, 6.07) is 15.0. The number of aromatic nitrogens is 2. The van der Waals surface area contributed by atoms with Gasteiger partial charge in [0.05, 0.1) is 24.8 Å². The van der Waals surface area contributed by atoms with Gasteiger partial charge in [0.25, 0.3) is 0 Å². The molecule has 1 N–H and O–H groups in total. The summed E-state index contributed by atoms with van der Waals surface area (Å²) in [5.74, 6) is -0.286. The molecule has 0 fully saturated rings. The first-order valence-electron chi connectivity index (χ1n) is 10.1. The van der Waals surface area contributed by atoms with E-state index < -0.39 is 5.97 Å². The van der Waals surface area contributed by atoms with Crippen LogP contribution < -0.4 is 5.48 Å². The van der Waals surface area contributed by atoms with Gasteiger partial charge in [-0.05, 0) is 48.9 Å². The van der Waals surface area contributed by atoms with E-state index in [0.717, 1.165) is 22.9 Å². The number of methoxy groups -OCH3 is 1. The number of ether oxygens (including phenoxy) is 1. The highest BCUT2D eigenvalue weighted by Gasteiger charge is 2.15. The number of esters is 1. The first-order valence-corrected chi connectivity index (χ1v) is 10.1. The molecule has 7 nitrogen and oxygen atoms in total. The standard InChI is InChI=1S/C24H22FN3O4/c1-3-13-31-26-21(23-14-20(27-32-23)16-7-9-17(25)10-8-16)15-28-12-11-18-19(24(29)30-2)5-4-6-22(18)28/h4-12,14-15,26H,3,13H2,1-2H3. The number of fused-ring (bicyclic) bond motifs is 1. The molecule has 0 aliphatic carbocycles. The number of rotatable bonds is 8. The lowest BCUT2D eigenvalue weighted by Gasteiger charge is -2.09. The van der Waals surface area contributed by atoms with Crippen LogP contribution in [-0.2, 0) is 9.57 Å². The van der Waals surface area contributed by atoms with Gasteiger partial charge in [0.15, 0.2) is 5.76 Å². The van der Waals surface area contributed by atoms with Crippen LogP contribution in [0.5, 0.6) is 0 Å². The van der Waals surface area contributed by atoms with E-state index in [0.29, 0.717) is 29.3 Å². The molecule has 2 heterocycles. The number of hydrogen-bond acceptors (Lipinski definition) is 6. The van der Waals surface area contributed by atoms with E-state index in [2.05, 4.69) is 10.6 Å². The Morgan fingerprint density at radius 3 is 2.78 bits per heavy atom. The summed E-state index contributed by atoms with van der Waals surface area (Å²) < 4.78 is 25.5. The molecule has 0 saturated heterocycles. The summed E-state index contributed by atoms with van der Waals surface area (Å²) in [6.07, 6.45) is 4.44. The van der Waals surface area contributed by atoms with Crippen molar-refractivity contribution in [2.75, 3.05) is 13.7 Å². The molecule has 0 bridgehead atoms. The Kier molecular flexibility index (Phi) is 6.32. The van der Waals surface area contributed by atoms with E-state index in [1.165, 1.54) is 19.2 Å². The molecule has 0 amide bonds. The number of nitrogens with zero attached hydrogens (tertiary/aromatic N) is 2. The second kappa shape index (κ2) is 9.49. The van der Waals surface area contributed by atoms with Crippen molar-refractivity contribution in [2.24, 2.45) is 0 Å². The molecule has 4 aromatic rings. The molecule has 0 saturated carbocycles. The van der Waals surface area contributed by atoms with E-state index in [1.54, 1.807) is 36.5 Å². The molecular formula is C24H22FN3O4. The molecule has 0 spiro atoms. The van der Waals surface area contributed by atoms with E-state index in [4.69, 9.17) is 14.1 Å². The Morgan fingerprint density at radius 1 is 1.22 bits per heavy atom. The summed E-state index contributed by atoms with van der Waals surface area (Å²) in [5, 5.41) is 4.86. The quantitative estimate of drug-likeness (QED) is 0.235. The molecule has 0 unspecified atom stereocenters. The van der Waals surface area contributed by atoms with Crippen LogP contribution >= 0.6 is 0 Å². The Bertz CT molecular complexity index is 1260. The fraction of sp³-hybridized carbons (Fsp3) is 0.167. The van der Waals surface area contributed by atoms with Crippen molar-refractivity contribution in [1.29, 1.82) is 0 Å². The second-order valence-electron chi connectivity index (χ2n) is 7.03. The van der Waals surface area contributed by atoms with Crippen LogP contribution in [0.15, 0.2) is 65.3 Å². The molecule has 2 aromatic heterocycles. The maximum atomic E-state index is 13.2. The van der Waals surface area contributed by atoms with Gasteiger partial charge in [-0.2, -0.15) is 0 Å². The summed E-state index contributed by atoms with van der Waals surface area (Å²) >= 11 is 0. The topological polar surface area (TPSA) is 78.5 Å². The zero-order valence-electron chi connectivity index (χ0n) is 17.7. The van der Waals surface area contributed by atoms with Crippen molar-refractivity contribution in [3.8, 4) is 11.3 Å². The second-order valence-corrected chi connectivity index (χ2v) is 7.03. The van der Waals surface area contributed by atoms with Crippen LogP contribution in [0.4, 0.5) is 4.39 Å². The van der Waals surface area contributed by atoms with Gasteiger partial charge in [-0.15, -0.1) is 0 Å². The molecular weight excluding hydrogens is 413 g/mol. The van der Waals surface area contributed by atoms with Crippen molar-refractivity contribution in [3.05, 3.63) is 77.9 Å². The number of hydrogen-bond donors (Lipinski definition) is 1. The summed E-state index contributed by atoms with van der Waals surface area (Å²) in [6.45, 7) is 2.50. The molecule has 0 aliphatic heterocycles. The first-order chi connectivity index (χ1) is 15.6. The Morgan fingerprint density at radius 2 is 2.03 bits per heavy atom. The highest BCUT2D eigenvalue weighted by atomic mass is 19.1. The zero-order valence-corrected chi connectivity index (χ0v) is 17.7. The third-order valence-electron chi connectivity index (χ3n) is 4.84. The average Bonchev–Trinajstić information content (AvgIpc) is 3.46. The van der Waals surface area contributed by atoms with E-state index in [-0.39, 0.29) is 5.82 Å². The van der Waals surface area contributed by atoms with Crippen LogP contribution in [0, 0.1) is 5.82 Å². The lowest BCUT2D eigenvalue weighted by atomic mass is 10.1. The fourth-order valence-corrected chi connectivity index (χ4v) is 3.26. The van der Waals surface area contributed by atoms with Crippen molar-refractivity contribution in [2.45, 2.75) is 13.3 Å². The van der Waals surface area contributed by atoms with Crippen molar-refractivity contribution in [3.63, 3.8) is 0 Å². The summed E-state index contributed by atoms with van der Waals surface area (Å²) in [7, 11) is 1.35. The molecule has 4 rings (SSSR count). The van der Waals surface area contributed by atoms with E-state index >= 15 is 0 Å². The van der Waals surface area contributed by atoms with Gasteiger partial charge in [0.2, 0.25) is 0 Å². The fourth-order valence-electron chi connectivity index (χ4n) is 3.26. The van der Waals surface area contributed by atoms with Crippen LogP contribution in [0.1, 0.15) is 29.5 Å². The van der Waals surface area contributed by atoms with Gasteiger partial charge in [0.1, 0.15) is 17.2 Å². The largest absolute Gasteiger partial charge is 0.465 e. The van der Waals surface area contributed by atoms with Gasteiger partial charge in [0, 0.05) is 29.4 Å². The molecule has 0 radical (unpaired) electrons. The lowest BCUT2D eigenvalue weighted by Crippen LogP contribution is -2.14. The molecule has 0 atom stereocenters. The van der Waals surface area contributed by atoms with Gasteiger partial charge in [-0.25, -0.2) is 9.18 Å². The Hall–Kier alpha value is -3.91. The Balaban J connectivity index is 1.73. The average molecular weight is 435 g/mol. The van der Waals surface area contributed by atoms with Gasteiger partial charge in [-0.3, -0.25) is 10.3 Å². The summed E-state index contributed by atoms with van der Waals surface area (Å²) in [5.41, 5.74) is 6.02. The molecule has 8 heteroatoms. The van der Waals surface area contributed by atoms with Gasteiger partial charge in [-0.1, -0.05) is 18.1 Å². The number of nitrogens with one attached hydrogen (secondary N) is 1. The van der Waals surface area contributed by atoms with Crippen LogP contribution in [0.3, 0.4) is 0 Å². The van der Waals surface area contributed by atoms with Crippen LogP contribution in [-0.4, -0.2) is 29.4 Å². The third kappa shape index (κ3) is 4.40. The number of halogens is 1. The van der Waals surface area contributed by atoms with Crippen molar-refractivity contribution in [1.82, 2.24) is 15.2 Å². The number of benzene rings is 2. The Labute approximate surface area is 184 Å². The van der Waals surface area contributed by atoms with Crippen molar-refractivity contribution >= 4 is 28.8 Å². The number of hydroxylamine groups is 1. The SMILES string of the molecule is CCCONC(=Cn1ccc2c(C(=O)OC)cccc21)c1cc(-c2ccc(F)cc2)no1. The molecule has 0 aliphatic rings. The first kappa shape index (κ1) is 21.3. The van der Waals surface area contributed by atoms with Crippen LogP contribution in [0.2, 0.25) is 0 Å². The molecule has 164 valence electrons. The predicted molar refractivity (Wildman–Crippen MR) is 119 cm³/mol. The maximum absolute atomic E-state index is 13.2. The predicted octanol–water partition coefficient (Wildman–Crippen LogP) is 5.11. The van der Waals surface area contributed by atoms with Crippen molar-refractivity contribution < 1.29 is 23.3 Å². The third-order valence-corrected chi connectivity index (χ3v) is 4.84. The van der Waals surface area contributed by atoms with Crippen LogP contribution in [0.25, 0.3) is 34.1 Å². The highest BCUT2D eigenvalue weighted by molar-refractivity contribution is 6.04.